The first kappa shape index (κ1) is 13.1. The number of hydrogen-bond acceptors (Lipinski definition) is 4. The Morgan fingerprint density at radius 3 is 3.00 bits per heavy atom. The first-order valence-electron chi connectivity index (χ1n) is 6.61. The van der Waals surface area contributed by atoms with Gasteiger partial charge >= 0.3 is 5.97 Å². The number of carbonyl (C=O) groups excluding carboxylic acids is 1. The summed E-state index contributed by atoms with van der Waals surface area (Å²) in [5.74, 6) is 0.523. The van der Waals surface area contributed by atoms with Crippen LogP contribution in [0.4, 0.5) is 0 Å². The van der Waals surface area contributed by atoms with Crippen LogP contribution in [0.3, 0.4) is 0 Å². The molecule has 0 radical (unpaired) electrons. The van der Waals surface area contributed by atoms with Gasteiger partial charge in [0.2, 0.25) is 0 Å². The fourth-order valence-corrected chi connectivity index (χ4v) is 2.14. The number of aromatic nitrogens is 2. The molecule has 1 aliphatic rings. The zero-order chi connectivity index (χ0) is 13.0. The Hall–Kier alpha value is -1.36. The molecule has 0 unspecified atom stereocenters. The van der Waals surface area contributed by atoms with E-state index in [1.165, 1.54) is 19.3 Å². The van der Waals surface area contributed by atoms with Crippen LogP contribution in [0.25, 0.3) is 0 Å². The molecule has 18 heavy (non-hydrogen) atoms. The highest BCUT2D eigenvalue weighted by atomic mass is 16.5. The van der Waals surface area contributed by atoms with Crippen LogP contribution in [0, 0.1) is 5.92 Å². The van der Waals surface area contributed by atoms with Gasteiger partial charge in [-0.1, -0.05) is 6.42 Å². The first-order valence-corrected chi connectivity index (χ1v) is 6.61. The largest absolute Gasteiger partial charge is 0.462 e. The normalized spacial score (nSPS) is 15.4. The van der Waals surface area contributed by atoms with Crippen LogP contribution in [0.5, 0.6) is 0 Å². The fraction of sp³-hybridized carbons (Fsp3) is 0.692. The molecule has 2 rings (SSSR count). The lowest BCUT2D eigenvalue weighted by molar-refractivity contribution is 0.0524. The van der Waals surface area contributed by atoms with Gasteiger partial charge in [-0.3, -0.25) is 4.68 Å². The molecule has 0 atom stereocenters. The summed E-state index contributed by atoms with van der Waals surface area (Å²) in [5, 5.41) is 7.53. The molecule has 1 fully saturated rings. The molecule has 0 amide bonds. The predicted molar refractivity (Wildman–Crippen MR) is 68.2 cm³/mol. The van der Waals surface area contributed by atoms with E-state index in [4.69, 9.17) is 4.74 Å². The number of nitrogens with one attached hydrogen (secondary N) is 1. The summed E-state index contributed by atoms with van der Waals surface area (Å²) >= 11 is 0. The van der Waals surface area contributed by atoms with Gasteiger partial charge in [0.25, 0.3) is 0 Å². The van der Waals surface area contributed by atoms with Gasteiger partial charge in [-0.25, -0.2) is 4.79 Å². The van der Waals surface area contributed by atoms with Crippen molar-refractivity contribution in [1.82, 2.24) is 15.1 Å². The Labute approximate surface area is 108 Å². The summed E-state index contributed by atoms with van der Waals surface area (Å²) in [6.07, 6.45) is 5.58. The Morgan fingerprint density at radius 2 is 2.39 bits per heavy atom. The zero-order valence-corrected chi connectivity index (χ0v) is 11.1. The van der Waals surface area contributed by atoms with Crippen molar-refractivity contribution in [3.8, 4) is 0 Å². The Balaban J connectivity index is 1.92. The van der Waals surface area contributed by atoms with Crippen molar-refractivity contribution in [2.45, 2.75) is 32.7 Å². The lowest BCUT2D eigenvalue weighted by atomic mass is 9.85. The minimum atomic E-state index is -0.286. The van der Waals surface area contributed by atoms with E-state index in [1.807, 2.05) is 14.0 Å². The van der Waals surface area contributed by atoms with E-state index >= 15 is 0 Å². The second kappa shape index (κ2) is 6.00. The molecule has 100 valence electrons. The van der Waals surface area contributed by atoms with E-state index < -0.39 is 0 Å². The third-order valence-corrected chi connectivity index (χ3v) is 3.51. The van der Waals surface area contributed by atoms with Gasteiger partial charge in [0, 0.05) is 13.6 Å². The quantitative estimate of drug-likeness (QED) is 0.778. The number of rotatable bonds is 6. The first-order chi connectivity index (χ1) is 8.72. The van der Waals surface area contributed by atoms with Crippen molar-refractivity contribution < 1.29 is 9.53 Å². The molecule has 1 N–H and O–H groups in total. The van der Waals surface area contributed by atoms with Crippen molar-refractivity contribution >= 4 is 5.97 Å². The van der Waals surface area contributed by atoms with E-state index in [0.29, 0.717) is 18.7 Å². The SMILES string of the molecule is CCOC(=O)c1cnn(C)c1CNCC1CCC1. The van der Waals surface area contributed by atoms with Gasteiger partial charge in [-0.2, -0.15) is 5.10 Å². The van der Waals surface area contributed by atoms with Crippen LogP contribution in [0.15, 0.2) is 6.20 Å². The number of ether oxygens (including phenoxy) is 1. The van der Waals surface area contributed by atoms with E-state index in [1.54, 1.807) is 10.9 Å². The topological polar surface area (TPSA) is 56.1 Å². The second-order valence-electron chi connectivity index (χ2n) is 4.78. The number of esters is 1. The fourth-order valence-electron chi connectivity index (χ4n) is 2.14. The van der Waals surface area contributed by atoms with Gasteiger partial charge in [0.1, 0.15) is 5.56 Å². The molecule has 0 saturated heterocycles. The maximum atomic E-state index is 11.7. The predicted octanol–water partition coefficient (Wildman–Crippen LogP) is 1.49. The zero-order valence-electron chi connectivity index (χ0n) is 11.1. The van der Waals surface area contributed by atoms with Crippen LogP contribution in [0.1, 0.15) is 42.2 Å². The molecule has 1 heterocycles. The molecule has 1 aromatic rings. The number of hydrogen-bond donors (Lipinski definition) is 1. The third kappa shape index (κ3) is 2.90. The van der Waals surface area contributed by atoms with Crippen molar-refractivity contribution in [3.63, 3.8) is 0 Å². The van der Waals surface area contributed by atoms with Crippen molar-refractivity contribution in [2.75, 3.05) is 13.2 Å². The summed E-state index contributed by atoms with van der Waals surface area (Å²) in [7, 11) is 1.85. The van der Waals surface area contributed by atoms with E-state index in [0.717, 1.165) is 18.2 Å². The summed E-state index contributed by atoms with van der Waals surface area (Å²) in [6.45, 7) is 3.89. The molecule has 0 aliphatic heterocycles. The van der Waals surface area contributed by atoms with Crippen LogP contribution < -0.4 is 5.32 Å². The highest BCUT2D eigenvalue weighted by Gasteiger charge is 2.19. The molecular weight excluding hydrogens is 230 g/mol. The molecular formula is C13H21N3O2. The van der Waals surface area contributed by atoms with E-state index in [-0.39, 0.29) is 5.97 Å². The van der Waals surface area contributed by atoms with Crippen LogP contribution >= 0.6 is 0 Å². The standard InChI is InChI=1S/C13H21N3O2/c1-3-18-13(17)11-8-15-16(2)12(11)9-14-7-10-5-4-6-10/h8,10,14H,3-7,9H2,1-2H3. The van der Waals surface area contributed by atoms with E-state index in [2.05, 4.69) is 10.4 Å². The van der Waals surface area contributed by atoms with Crippen molar-refractivity contribution in [2.24, 2.45) is 13.0 Å². The molecule has 0 bridgehead atoms. The lowest BCUT2D eigenvalue weighted by Crippen LogP contribution is -2.28. The second-order valence-corrected chi connectivity index (χ2v) is 4.78. The van der Waals surface area contributed by atoms with Crippen molar-refractivity contribution in [3.05, 3.63) is 17.5 Å². The molecule has 1 saturated carbocycles. The third-order valence-electron chi connectivity index (χ3n) is 3.51. The van der Waals surface area contributed by atoms with Gasteiger partial charge in [-0.15, -0.1) is 0 Å². The maximum Gasteiger partial charge on any atom is 0.341 e. The average molecular weight is 251 g/mol. The molecule has 5 heteroatoms. The maximum absolute atomic E-state index is 11.7. The minimum absolute atomic E-state index is 0.286. The minimum Gasteiger partial charge on any atom is -0.462 e. The smallest absolute Gasteiger partial charge is 0.341 e. The van der Waals surface area contributed by atoms with Crippen molar-refractivity contribution in [1.29, 1.82) is 0 Å². The molecule has 1 aromatic heterocycles. The van der Waals surface area contributed by atoms with Crippen LogP contribution in [-0.2, 0) is 18.3 Å². The summed E-state index contributed by atoms with van der Waals surface area (Å²) < 4.78 is 6.76. The summed E-state index contributed by atoms with van der Waals surface area (Å²) in [4.78, 5) is 11.7. The van der Waals surface area contributed by atoms with Crippen LogP contribution in [-0.4, -0.2) is 28.9 Å². The van der Waals surface area contributed by atoms with Gasteiger partial charge in [-0.05, 0) is 32.2 Å². The van der Waals surface area contributed by atoms with E-state index in [9.17, 15) is 4.79 Å². The van der Waals surface area contributed by atoms with Gasteiger partial charge in [0.15, 0.2) is 0 Å². The Bertz CT molecular complexity index is 410. The number of carbonyl (C=O) groups is 1. The highest BCUT2D eigenvalue weighted by molar-refractivity contribution is 5.90. The number of aryl methyl sites for hydroxylation is 1. The molecule has 0 aromatic carbocycles. The Kier molecular flexibility index (Phi) is 4.36. The lowest BCUT2D eigenvalue weighted by Gasteiger charge is -2.25. The van der Waals surface area contributed by atoms with Gasteiger partial charge in [0.05, 0.1) is 18.5 Å². The number of nitrogens with zero attached hydrogens (tertiary/aromatic N) is 2. The molecule has 5 nitrogen and oxygen atoms in total. The monoisotopic (exact) mass is 251 g/mol. The molecule has 0 spiro atoms. The van der Waals surface area contributed by atoms with Crippen LogP contribution in [0.2, 0.25) is 0 Å². The average Bonchev–Trinajstić information content (AvgIpc) is 2.64. The highest BCUT2D eigenvalue weighted by Crippen LogP contribution is 2.25. The summed E-state index contributed by atoms with van der Waals surface area (Å²) in [6, 6.07) is 0. The Morgan fingerprint density at radius 1 is 1.61 bits per heavy atom. The van der Waals surface area contributed by atoms with Gasteiger partial charge < -0.3 is 10.1 Å². The summed E-state index contributed by atoms with van der Waals surface area (Å²) in [5.41, 5.74) is 1.47. The molecule has 1 aliphatic carbocycles.